The number of rotatable bonds is 2. The first-order valence-electron chi connectivity index (χ1n) is 5.96. The van der Waals surface area contributed by atoms with Gasteiger partial charge >= 0.3 is 0 Å². The van der Waals surface area contributed by atoms with Crippen LogP contribution in [-0.4, -0.2) is 31.9 Å². The van der Waals surface area contributed by atoms with E-state index in [1.807, 2.05) is 26.0 Å². The van der Waals surface area contributed by atoms with Crippen LogP contribution in [0.25, 0.3) is 0 Å². The highest BCUT2D eigenvalue weighted by Crippen LogP contribution is 2.15. The lowest BCUT2D eigenvalue weighted by atomic mass is 10.0. The Morgan fingerprint density at radius 3 is 2.67 bits per heavy atom. The van der Waals surface area contributed by atoms with Gasteiger partial charge in [-0.15, -0.1) is 0 Å². The Morgan fingerprint density at radius 2 is 2.06 bits per heavy atom. The highest BCUT2D eigenvalue weighted by Gasteiger charge is 2.29. The van der Waals surface area contributed by atoms with E-state index in [0.717, 1.165) is 11.1 Å². The second-order valence-corrected chi connectivity index (χ2v) is 7.05. The van der Waals surface area contributed by atoms with Gasteiger partial charge in [-0.1, -0.05) is 12.1 Å². The van der Waals surface area contributed by atoms with Crippen LogP contribution in [0.4, 0.5) is 0 Å². The van der Waals surface area contributed by atoms with Crippen molar-refractivity contribution in [2.45, 2.75) is 26.3 Å². The van der Waals surface area contributed by atoms with Crippen molar-refractivity contribution >= 4 is 15.7 Å². The van der Waals surface area contributed by atoms with E-state index in [1.165, 1.54) is 0 Å². The molecule has 1 aliphatic heterocycles. The summed E-state index contributed by atoms with van der Waals surface area (Å²) in [7, 11) is -2.96. The van der Waals surface area contributed by atoms with E-state index in [2.05, 4.69) is 5.32 Å². The monoisotopic (exact) mass is 267 g/mol. The molecule has 2 rings (SSSR count). The van der Waals surface area contributed by atoms with Crippen molar-refractivity contribution in [1.29, 1.82) is 0 Å². The number of nitrogens with one attached hydrogen (secondary N) is 1. The summed E-state index contributed by atoms with van der Waals surface area (Å²) >= 11 is 0. The van der Waals surface area contributed by atoms with Crippen LogP contribution >= 0.6 is 0 Å². The highest BCUT2D eigenvalue weighted by molar-refractivity contribution is 7.91. The summed E-state index contributed by atoms with van der Waals surface area (Å²) in [5.41, 5.74) is 2.62. The minimum Gasteiger partial charge on any atom is -0.348 e. The van der Waals surface area contributed by atoms with Crippen LogP contribution in [-0.2, 0) is 9.84 Å². The zero-order valence-corrected chi connectivity index (χ0v) is 11.4. The van der Waals surface area contributed by atoms with E-state index in [9.17, 15) is 13.2 Å². The third-order valence-electron chi connectivity index (χ3n) is 3.42. The fourth-order valence-electron chi connectivity index (χ4n) is 2.17. The van der Waals surface area contributed by atoms with Crippen molar-refractivity contribution < 1.29 is 13.2 Å². The standard InChI is InChI=1S/C13H17NO3S/c1-9-4-3-5-12(10(9)2)13(15)14-11-6-7-18(16,17)8-11/h3-5,11H,6-8H2,1-2H3,(H,14,15)/t11-/m0/s1. The van der Waals surface area contributed by atoms with E-state index in [4.69, 9.17) is 0 Å². The Kier molecular flexibility index (Phi) is 3.43. The summed E-state index contributed by atoms with van der Waals surface area (Å²) in [6, 6.07) is 5.30. The molecule has 5 heteroatoms. The van der Waals surface area contributed by atoms with Gasteiger partial charge in [0.05, 0.1) is 11.5 Å². The predicted molar refractivity (Wildman–Crippen MR) is 70.4 cm³/mol. The first-order valence-corrected chi connectivity index (χ1v) is 7.79. The summed E-state index contributed by atoms with van der Waals surface area (Å²) in [5.74, 6) is 0.0484. The van der Waals surface area contributed by atoms with Gasteiger partial charge in [0.15, 0.2) is 9.84 Å². The normalized spacial score (nSPS) is 21.8. The van der Waals surface area contributed by atoms with E-state index < -0.39 is 9.84 Å². The third kappa shape index (κ3) is 2.72. The van der Waals surface area contributed by atoms with Crippen LogP contribution in [0.2, 0.25) is 0 Å². The molecule has 1 aromatic rings. The largest absolute Gasteiger partial charge is 0.348 e. The summed E-state index contributed by atoms with van der Waals surface area (Å²) in [5, 5.41) is 2.80. The fourth-order valence-corrected chi connectivity index (χ4v) is 3.84. The van der Waals surface area contributed by atoms with Gasteiger partial charge in [0, 0.05) is 11.6 Å². The zero-order chi connectivity index (χ0) is 13.3. The molecule has 1 fully saturated rings. The fraction of sp³-hybridized carbons (Fsp3) is 0.462. The van der Waals surface area contributed by atoms with Crippen molar-refractivity contribution in [3.8, 4) is 0 Å². The molecular formula is C13H17NO3S. The molecule has 0 bridgehead atoms. The first-order chi connectivity index (χ1) is 8.39. The SMILES string of the molecule is Cc1cccc(C(=O)N[C@H]2CCS(=O)(=O)C2)c1C. The number of hydrogen-bond acceptors (Lipinski definition) is 3. The van der Waals surface area contributed by atoms with Crippen LogP contribution < -0.4 is 5.32 Å². The van der Waals surface area contributed by atoms with Crippen LogP contribution in [0.1, 0.15) is 27.9 Å². The number of carbonyl (C=O) groups excluding carboxylic acids is 1. The van der Waals surface area contributed by atoms with E-state index >= 15 is 0 Å². The minimum atomic E-state index is -2.96. The van der Waals surface area contributed by atoms with Crippen molar-refractivity contribution in [2.24, 2.45) is 0 Å². The lowest BCUT2D eigenvalue weighted by Gasteiger charge is -2.13. The van der Waals surface area contributed by atoms with Crippen LogP contribution in [0.15, 0.2) is 18.2 Å². The average molecular weight is 267 g/mol. The smallest absolute Gasteiger partial charge is 0.251 e. The molecule has 0 aromatic heterocycles. The first kappa shape index (κ1) is 13.1. The molecule has 0 unspecified atom stereocenters. The molecule has 1 amide bonds. The number of carbonyl (C=O) groups is 1. The zero-order valence-electron chi connectivity index (χ0n) is 10.6. The van der Waals surface area contributed by atoms with E-state index in [0.29, 0.717) is 12.0 Å². The Hall–Kier alpha value is -1.36. The molecule has 0 aliphatic carbocycles. The average Bonchev–Trinajstić information content (AvgIpc) is 2.62. The summed E-state index contributed by atoms with van der Waals surface area (Å²) in [4.78, 5) is 12.1. The van der Waals surface area contributed by atoms with Gasteiger partial charge in [-0.3, -0.25) is 4.79 Å². The molecule has 0 spiro atoms. The lowest BCUT2D eigenvalue weighted by molar-refractivity contribution is 0.0940. The number of aryl methyl sites for hydroxylation is 1. The van der Waals surface area contributed by atoms with Gasteiger partial charge < -0.3 is 5.32 Å². The molecule has 1 aromatic carbocycles. The Morgan fingerprint density at radius 1 is 1.33 bits per heavy atom. The topological polar surface area (TPSA) is 63.2 Å². The molecule has 0 radical (unpaired) electrons. The number of hydrogen-bond donors (Lipinski definition) is 1. The number of sulfone groups is 1. The van der Waals surface area contributed by atoms with Crippen molar-refractivity contribution in [1.82, 2.24) is 5.32 Å². The maximum absolute atomic E-state index is 12.1. The number of benzene rings is 1. The van der Waals surface area contributed by atoms with Crippen LogP contribution in [0.3, 0.4) is 0 Å². The third-order valence-corrected chi connectivity index (χ3v) is 5.18. The quantitative estimate of drug-likeness (QED) is 0.876. The van der Waals surface area contributed by atoms with Crippen molar-refractivity contribution in [3.63, 3.8) is 0 Å². The van der Waals surface area contributed by atoms with Gasteiger partial charge in [-0.25, -0.2) is 8.42 Å². The molecule has 1 saturated heterocycles. The van der Waals surface area contributed by atoms with Gasteiger partial charge in [0.2, 0.25) is 0 Å². The minimum absolute atomic E-state index is 0.0591. The summed E-state index contributed by atoms with van der Waals surface area (Å²) in [6.07, 6.45) is 0.513. The molecule has 1 aliphatic rings. The molecule has 1 atom stereocenters. The Labute approximate surface area is 107 Å². The molecular weight excluding hydrogens is 250 g/mol. The molecule has 98 valence electrons. The van der Waals surface area contributed by atoms with Gasteiger partial charge in [0.25, 0.3) is 5.91 Å². The molecule has 18 heavy (non-hydrogen) atoms. The van der Waals surface area contributed by atoms with Gasteiger partial charge in [0.1, 0.15) is 0 Å². The van der Waals surface area contributed by atoms with Crippen LogP contribution in [0.5, 0.6) is 0 Å². The molecule has 1 heterocycles. The van der Waals surface area contributed by atoms with Gasteiger partial charge in [-0.2, -0.15) is 0 Å². The van der Waals surface area contributed by atoms with Crippen molar-refractivity contribution in [2.75, 3.05) is 11.5 Å². The van der Waals surface area contributed by atoms with Gasteiger partial charge in [-0.05, 0) is 37.5 Å². The lowest BCUT2D eigenvalue weighted by Crippen LogP contribution is -2.36. The molecule has 0 saturated carbocycles. The second kappa shape index (κ2) is 4.72. The maximum Gasteiger partial charge on any atom is 0.251 e. The highest BCUT2D eigenvalue weighted by atomic mass is 32.2. The van der Waals surface area contributed by atoms with Crippen molar-refractivity contribution in [3.05, 3.63) is 34.9 Å². The Bertz CT molecular complexity index is 578. The second-order valence-electron chi connectivity index (χ2n) is 4.82. The number of amides is 1. The maximum atomic E-state index is 12.1. The van der Waals surface area contributed by atoms with E-state index in [-0.39, 0.29) is 23.5 Å². The molecule has 1 N–H and O–H groups in total. The Balaban J connectivity index is 2.11. The van der Waals surface area contributed by atoms with Crippen LogP contribution in [0, 0.1) is 13.8 Å². The molecule has 4 nitrogen and oxygen atoms in total. The summed E-state index contributed by atoms with van der Waals surface area (Å²) in [6.45, 7) is 3.85. The predicted octanol–water partition coefficient (Wildman–Crippen LogP) is 1.22. The van der Waals surface area contributed by atoms with E-state index in [1.54, 1.807) is 6.07 Å². The summed E-state index contributed by atoms with van der Waals surface area (Å²) < 4.78 is 22.7.